The zero-order valence-corrected chi connectivity index (χ0v) is 9.81. The van der Waals surface area contributed by atoms with Crippen molar-refractivity contribution >= 4 is 11.8 Å². The Bertz CT molecular complexity index is 604. The number of carbonyl (C=O) groups is 1. The maximum Gasteiger partial charge on any atom is 0.320 e. The molecule has 3 N–H and O–H groups in total. The second kappa shape index (κ2) is 5.76. The lowest BCUT2D eigenvalue weighted by molar-refractivity contribution is 0.251. The lowest BCUT2D eigenvalue weighted by Crippen LogP contribution is -2.29. The third-order valence-corrected chi connectivity index (χ3v) is 2.29. The van der Waals surface area contributed by atoms with E-state index >= 15 is 0 Å². The Kier molecular flexibility index (Phi) is 3.87. The predicted molar refractivity (Wildman–Crippen MR) is 67.1 cm³/mol. The molecule has 1 heterocycles. The van der Waals surface area contributed by atoms with Crippen LogP contribution in [0.5, 0.6) is 0 Å². The molecular formula is C12H11FN4O2. The van der Waals surface area contributed by atoms with Crippen LogP contribution in [0, 0.1) is 5.82 Å². The number of nitrogens with one attached hydrogen (secondary N) is 3. The Morgan fingerprint density at radius 1 is 1.21 bits per heavy atom. The summed E-state index contributed by atoms with van der Waals surface area (Å²) in [6.07, 6.45) is 0. The van der Waals surface area contributed by atoms with E-state index in [0.29, 0.717) is 0 Å². The Morgan fingerprint density at radius 3 is 2.58 bits per heavy atom. The number of aromatic amines is 1. The quantitative estimate of drug-likeness (QED) is 0.777. The average molecular weight is 262 g/mol. The Balaban J connectivity index is 1.86. The number of urea groups is 1. The lowest BCUT2D eigenvalue weighted by Gasteiger charge is -2.06. The fourth-order valence-electron chi connectivity index (χ4n) is 1.36. The van der Waals surface area contributed by atoms with Crippen molar-refractivity contribution in [2.24, 2.45) is 0 Å². The number of halogens is 1. The van der Waals surface area contributed by atoms with Crippen LogP contribution in [0.15, 0.2) is 41.2 Å². The summed E-state index contributed by atoms with van der Waals surface area (Å²) < 4.78 is 12.7. The summed E-state index contributed by atoms with van der Waals surface area (Å²) in [5, 5.41) is 10.8. The molecule has 1 aromatic carbocycles. The molecule has 0 aliphatic rings. The first kappa shape index (κ1) is 12.7. The summed E-state index contributed by atoms with van der Waals surface area (Å²) in [7, 11) is 0. The van der Waals surface area contributed by atoms with Crippen LogP contribution >= 0.6 is 0 Å². The van der Waals surface area contributed by atoms with Crippen LogP contribution in [0.3, 0.4) is 0 Å². The summed E-state index contributed by atoms with van der Waals surface area (Å²) in [5.74, 6) is -0.0955. The molecule has 7 heteroatoms. The molecule has 0 radical (unpaired) electrons. The monoisotopic (exact) mass is 262 g/mol. The standard InChI is InChI=1S/C12H11FN4O2/c13-9-3-1-8(2-4-9)7-14-12(19)15-10-5-6-11(18)17-16-10/h1-6H,7H2,(H,17,18)(H2,14,15,16,19). The highest BCUT2D eigenvalue weighted by Crippen LogP contribution is 2.02. The Hall–Kier alpha value is -2.70. The van der Waals surface area contributed by atoms with E-state index in [1.165, 1.54) is 24.3 Å². The molecule has 2 amide bonds. The first-order valence-electron chi connectivity index (χ1n) is 5.48. The number of benzene rings is 1. The molecular weight excluding hydrogens is 251 g/mol. The molecule has 0 atom stereocenters. The molecule has 1 aromatic heterocycles. The van der Waals surface area contributed by atoms with Crippen LogP contribution in [0.1, 0.15) is 5.56 Å². The maximum absolute atomic E-state index is 12.7. The molecule has 2 aromatic rings. The molecule has 0 spiro atoms. The van der Waals surface area contributed by atoms with Crippen LogP contribution in [-0.4, -0.2) is 16.2 Å². The second-order valence-corrected chi connectivity index (χ2v) is 3.74. The zero-order chi connectivity index (χ0) is 13.7. The van der Waals surface area contributed by atoms with Gasteiger partial charge >= 0.3 is 6.03 Å². The van der Waals surface area contributed by atoms with Gasteiger partial charge in [-0.2, -0.15) is 5.10 Å². The molecule has 2 rings (SSSR count). The summed E-state index contributed by atoms with van der Waals surface area (Å²) in [6.45, 7) is 0.259. The number of hydrogen-bond acceptors (Lipinski definition) is 3. The van der Waals surface area contributed by atoms with Crippen molar-refractivity contribution in [1.29, 1.82) is 0 Å². The number of carbonyl (C=O) groups excluding carboxylic acids is 1. The highest BCUT2D eigenvalue weighted by molar-refractivity contribution is 5.87. The minimum absolute atomic E-state index is 0.233. The van der Waals surface area contributed by atoms with Gasteiger partial charge < -0.3 is 5.32 Å². The van der Waals surface area contributed by atoms with Crippen LogP contribution < -0.4 is 16.2 Å². The van der Waals surface area contributed by atoms with Crippen molar-refractivity contribution in [2.45, 2.75) is 6.54 Å². The lowest BCUT2D eigenvalue weighted by atomic mass is 10.2. The summed E-state index contributed by atoms with van der Waals surface area (Å²) in [5.41, 5.74) is 0.420. The van der Waals surface area contributed by atoms with E-state index in [2.05, 4.69) is 20.8 Å². The molecule has 0 unspecified atom stereocenters. The van der Waals surface area contributed by atoms with Crippen molar-refractivity contribution in [3.8, 4) is 0 Å². The van der Waals surface area contributed by atoms with Crippen molar-refractivity contribution in [3.63, 3.8) is 0 Å². The molecule has 0 saturated heterocycles. The van der Waals surface area contributed by atoms with Crippen LogP contribution in [-0.2, 0) is 6.54 Å². The minimum atomic E-state index is -0.469. The number of anilines is 1. The van der Waals surface area contributed by atoms with Gasteiger partial charge in [-0.1, -0.05) is 12.1 Å². The number of hydrogen-bond donors (Lipinski definition) is 3. The third kappa shape index (κ3) is 3.91. The molecule has 0 aliphatic carbocycles. The molecule has 98 valence electrons. The van der Waals surface area contributed by atoms with E-state index in [1.54, 1.807) is 12.1 Å². The molecule has 0 fully saturated rings. The van der Waals surface area contributed by atoms with Crippen molar-refractivity contribution in [2.75, 3.05) is 5.32 Å². The third-order valence-electron chi connectivity index (χ3n) is 2.29. The highest BCUT2D eigenvalue weighted by atomic mass is 19.1. The van der Waals surface area contributed by atoms with E-state index in [4.69, 9.17) is 0 Å². The maximum atomic E-state index is 12.7. The van der Waals surface area contributed by atoms with E-state index < -0.39 is 6.03 Å². The van der Waals surface area contributed by atoms with Gasteiger partial charge in [0, 0.05) is 12.6 Å². The fourth-order valence-corrected chi connectivity index (χ4v) is 1.36. The number of H-pyrrole nitrogens is 1. The molecule has 0 bridgehead atoms. The van der Waals surface area contributed by atoms with Gasteiger partial charge in [-0.15, -0.1) is 0 Å². The van der Waals surface area contributed by atoms with Crippen LogP contribution in [0.4, 0.5) is 15.0 Å². The van der Waals surface area contributed by atoms with Crippen molar-refractivity contribution in [3.05, 3.63) is 58.1 Å². The van der Waals surface area contributed by atoms with Gasteiger partial charge in [0.05, 0.1) is 0 Å². The number of amides is 2. The van der Waals surface area contributed by atoms with E-state index in [-0.39, 0.29) is 23.7 Å². The Morgan fingerprint density at radius 2 is 1.95 bits per heavy atom. The van der Waals surface area contributed by atoms with Crippen molar-refractivity contribution < 1.29 is 9.18 Å². The van der Waals surface area contributed by atoms with E-state index in [9.17, 15) is 14.0 Å². The van der Waals surface area contributed by atoms with E-state index in [1.807, 2.05) is 0 Å². The first-order valence-corrected chi connectivity index (χ1v) is 5.48. The summed E-state index contributed by atoms with van der Waals surface area (Å²) in [6, 6.07) is 7.96. The normalized spacial score (nSPS) is 9.95. The van der Waals surface area contributed by atoms with Gasteiger partial charge in [-0.3, -0.25) is 10.1 Å². The van der Waals surface area contributed by atoms with Gasteiger partial charge in [0.2, 0.25) is 0 Å². The van der Waals surface area contributed by atoms with Gasteiger partial charge in [0.25, 0.3) is 5.56 Å². The highest BCUT2D eigenvalue weighted by Gasteiger charge is 2.02. The number of aromatic nitrogens is 2. The number of rotatable bonds is 3. The van der Waals surface area contributed by atoms with E-state index in [0.717, 1.165) is 5.56 Å². The predicted octanol–water partition coefficient (Wildman–Crippen LogP) is 1.23. The zero-order valence-electron chi connectivity index (χ0n) is 9.81. The molecule has 19 heavy (non-hydrogen) atoms. The van der Waals surface area contributed by atoms with Crippen LogP contribution in [0.25, 0.3) is 0 Å². The summed E-state index contributed by atoms with van der Waals surface area (Å²) >= 11 is 0. The molecule has 0 saturated carbocycles. The SMILES string of the molecule is O=C(NCc1ccc(F)cc1)Nc1ccc(=O)[nH]n1. The summed E-state index contributed by atoms with van der Waals surface area (Å²) in [4.78, 5) is 22.3. The topological polar surface area (TPSA) is 86.9 Å². The van der Waals surface area contributed by atoms with Gasteiger partial charge in [-0.05, 0) is 23.8 Å². The van der Waals surface area contributed by atoms with Gasteiger partial charge in [0.15, 0.2) is 5.82 Å². The smallest absolute Gasteiger partial charge is 0.320 e. The average Bonchev–Trinajstić information content (AvgIpc) is 2.41. The van der Waals surface area contributed by atoms with Crippen LogP contribution in [0.2, 0.25) is 0 Å². The van der Waals surface area contributed by atoms with Crippen molar-refractivity contribution in [1.82, 2.24) is 15.5 Å². The number of nitrogens with zero attached hydrogens (tertiary/aromatic N) is 1. The van der Waals surface area contributed by atoms with Gasteiger partial charge in [0.1, 0.15) is 5.82 Å². The first-order chi connectivity index (χ1) is 9.13. The molecule has 0 aliphatic heterocycles. The minimum Gasteiger partial charge on any atom is -0.334 e. The second-order valence-electron chi connectivity index (χ2n) is 3.74. The fraction of sp³-hybridized carbons (Fsp3) is 0.0833. The largest absolute Gasteiger partial charge is 0.334 e. The Labute approximate surface area is 107 Å². The van der Waals surface area contributed by atoms with Gasteiger partial charge in [-0.25, -0.2) is 14.3 Å². The molecule has 6 nitrogen and oxygen atoms in total.